The summed E-state index contributed by atoms with van der Waals surface area (Å²) in [6.07, 6.45) is 4.29. The zero-order chi connectivity index (χ0) is 15.0. The second-order valence-corrected chi connectivity index (χ2v) is 5.58. The van der Waals surface area contributed by atoms with Crippen LogP contribution in [0.15, 0.2) is 36.7 Å². The number of aromatic nitrogens is 2. The van der Waals surface area contributed by atoms with E-state index in [4.69, 9.17) is 0 Å². The van der Waals surface area contributed by atoms with Crippen molar-refractivity contribution in [1.82, 2.24) is 9.55 Å². The summed E-state index contributed by atoms with van der Waals surface area (Å²) in [4.78, 5) is 28.1. The molecule has 0 radical (unpaired) electrons. The van der Waals surface area contributed by atoms with Crippen molar-refractivity contribution in [1.29, 1.82) is 0 Å². The predicted octanol–water partition coefficient (Wildman–Crippen LogP) is 2.25. The molecule has 0 saturated heterocycles. The molecule has 1 N–H and O–H groups in total. The van der Waals surface area contributed by atoms with E-state index in [-0.39, 0.29) is 17.6 Å². The molecule has 21 heavy (non-hydrogen) atoms. The summed E-state index contributed by atoms with van der Waals surface area (Å²) in [5.41, 5.74) is 1.28. The summed E-state index contributed by atoms with van der Waals surface area (Å²) < 4.78 is 1.69. The van der Waals surface area contributed by atoms with E-state index < -0.39 is 0 Å². The summed E-state index contributed by atoms with van der Waals surface area (Å²) in [6.45, 7) is 2.07. The Bertz CT molecular complexity index is 688. The highest BCUT2D eigenvalue weighted by molar-refractivity contribution is 6.07. The Morgan fingerprint density at radius 2 is 1.95 bits per heavy atom. The number of nitrogens with zero attached hydrogens (tertiary/aromatic N) is 2. The molecule has 1 aliphatic carbocycles. The summed E-state index contributed by atoms with van der Waals surface area (Å²) in [6, 6.07) is 6.92. The van der Waals surface area contributed by atoms with Gasteiger partial charge in [0.05, 0.1) is 0 Å². The van der Waals surface area contributed by atoms with Crippen molar-refractivity contribution in [3.05, 3.63) is 48.0 Å². The van der Waals surface area contributed by atoms with Gasteiger partial charge in [0.25, 0.3) is 0 Å². The molecule has 5 heteroatoms. The van der Waals surface area contributed by atoms with Crippen molar-refractivity contribution in [3.8, 4) is 0 Å². The maximum Gasteiger partial charge on any atom is 0.228 e. The summed E-state index contributed by atoms with van der Waals surface area (Å²) in [5, 5.41) is 2.88. The number of nitrogens with one attached hydrogen (secondary N) is 1. The zero-order valence-corrected chi connectivity index (χ0v) is 12.0. The number of anilines is 1. The second-order valence-electron chi connectivity index (χ2n) is 5.58. The van der Waals surface area contributed by atoms with Gasteiger partial charge in [-0.05, 0) is 36.6 Å². The van der Waals surface area contributed by atoms with Gasteiger partial charge in [-0.25, -0.2) is 4.98 Å². The van der Waals surface area contributed by atoms with Gasteiger partial charge < -0.3 is 9.88 Å². The quantitative estimate of drug-likeness (QED) is 0.875. The number of aryl methyl sites for hydroxylation is 1. The number of imidazole rings is 1. The third-order valence-electron chi connectivity index (χ3n) is 3.89. The molecule has 2 unspecified atom stereocenters. The lowest BCUT2D eigenvalue weighted by Gasteiger charge is -2.06. The highest BCUT2D eigenvalue weighted by Crippen LogP contribution is 2.38. The Kier molecular flexibility index (Phi) is 3.33. The number of ketones is 1. The third-order valence-corrected chi connectivity index (χ3v) is 3.89. The van der Waals surface area contributed by atoms with Crippen LogP contribution in [-0.4, -0.2) is 21.2 Å². The Labute approximate surface area is 123 Å². The molecule has 3 rings (SSSR count). The minimum Gasteiger partial charge on any atom is -0.331 e. The fraction of sp³-hybridized carbons (Fsp3) is 0.312. The van der Waals surface area contributed by atoms with Crippen molar-refractivity contribution in [3.63, 3.8) is 0 Å². The first kappa shape index (κ1) is 13.5. The molecular weight excluding hydrogens is 266 g/mol. The van der Waals surface area contributed by atoms with Gasteiger partial charge in [-0.1, -0.05) is 6.92 Å². The number of benzene rings is 1. The van der Waals surface area contributed by atoms with Crippen LogP contribution in [0, 0.1) is 11.8 Å². The molecule has 0 bridgehead atoms. The summed E-state index contributed by atoms with van der Waals surface area (Å²) >= 11 is 0. The van der Waals surface area contributed by atoms with Crippen LogP contribution in [0.1, 0.15) is 29.5 Å². The number of hydrogen-bond donors (Lipinski definition) is 1. The van der Waals surface area contributed by atoms with E-state index in [0.29, 0.717) is 17.3 Å². The molecule has 1 amide bonds. The normalized spacial score (nSPS) is 20.1. The average molecular weight is 283 g/mol. The van der Waals surface area contributed by atoms with Gasteiger partial charge in [-0.2, -0.15) is 0 Å². The highest BCUT2D eigenvalue weighted by atomic mass is 16.2. The van der Waals surface area contributed by atoms with Crippen LogP contribution in [0.5, 0.6) is 0 Å². The first-order chi connectivity index (χ1) is 10.1. The number of hydrogen-bond acceptors (Lipinski definition) is 3. The molecule has 108 valence electrons. The van der Waals surface area contributed by atoms with Crippen LogP contribution in [0.4, 0.5) is 5.69 Å². The summed E-state index contributed by atoms with van der Waals surface area (Å²) in [5.74, 6) is 0.952. The maximum absolute atomic E-state index is 12.3. The Hall–Kier alpha value is -2.43. The molecule has 0 aliphatic heterocycles. The molecule has 1 aliphatic rings. The van der Waals surface area contributed by atoms with Crippen molar-refractivity contribution in [2.45, 2.75) is 13.3 Å². The molecule has 2 aromatic rings. The van der Waals surface area contributed by atoms with E-state index in [1.165, 1.54) is 0 Å². The smallest absolute Gasteiger partial charge is 0.228 e. The number of carbonyl (C=O) groups is 2. The average Bonchev–Trinajstić information content (AvgIpc) is 3.05. The van der Waals surface area contributed by atoms with Gasteiger partial charge in [0, 0.05) is 36.6 Å². The van der Waals surface area contributed by atoms with Gasteiger partial charge in [-0.3, -0.25) is 9.59 Å². The van der Waals surface area contributed by atoms with Crippen molar-refractivity contribution < 1.29 is 9.59 Å². The van der Waals surface area contributed by atoms with Crippen LogP contribution in [0.25, 0.3) is 0 Å². The van der Waals surface area contributed by atoms with E-state index in [1.54, 1.807) is 48.3 Å². The van der Waals surface area contributed by atoms with Crippen LogP contribution in [-0.2, 0) is 11.8 Å². The largest absolute Gasteiger partial charge is 0.331 e. The first-order valence-electron chi connectivity index (χ1n) is 6.99. The van der Waals surface area contributed by atoms with E-state index in [1.807, 2.05) is 0 Å². The van der Waals surface area contributed by atoms with Crippen molar-refractivity contribution >= 4 is 17.4 Å². The van der Waals surface area contributed by atoms with Crippen LogP contribution < -0.4 is 5.32 Å². The minimum atomic E-state index is -0.129. The van der Waals surface area contributed by atoms with Crippen LogP contribution >= 0.6 is 0 Å². The molecular formula is C16H17N3O2. The van der Waals surface area contributed by atoms with Gasteiger partial charge >= 0.3 is 0 Å². The Balaban J connectivity index is 1.71. The fourth-order valence-corrected chi connectivity index (χ4v) is 2.34. The number of amides is 1. The monoisotopic (exact) mass is 283 g/mol. The Morgan fingerprint density at radius 3 is 2.48 bits per heavy atom. The molecule has 2 atom stereocenters. The topological polar surface area (TPSA) is 64.0 Å². The van der Waals surface area contributed by atoms with E-state index in [0.717, 1.165) is 12.1 Å². The lowest BCUT2D eigenvalue weighted by atomic mass is 10.1. The molecule has 5 nitrogen and oxygen atoms in total. The fourth-order valence-electron chi connectivity index (χ4n) is 2.34. The SMILES string of the molecule is CC1CC1C(=O)Nc1ccc(C(=O)c2nccn2C)cc1. The van der Waals surface area contributed by atoms with Gasteiger partial charge in [0.15, 0.2) is 5.82 Å². The lowest BCUT2D eigenvalue weighted by Crippen LogP contribution is -2.14. The maximum atomic E-state index is 12.3. The van der Waals surface area contributed by atoms with Gasteiger partial charge in [-0.15, -0.1) is 0 Å². The third kappa shape index (κ3) is 2.72. The van der Waals surface area contributed by atoms with Gasteiger partial charge in [0.2, 0.25) is 11.7 Å². The molecule has 1 saturated carbocycles. The van der Waals surface area contributed by atoms with Crippen molar-refractivity contribution in [2.24, 2.45) is 18.9 Å². The summed E-state index contributed by atoms with van der Waals surface area (Å²) in [7, 11) is 1.78. The van der Waals surface area contributed by atoms with Crippen molar-refractivity contribution in [2.75, 3.05) is 5.32 Å². The Morgan fingerprint density at radius 1 is 1.29 bits per heavy atom. The predicted molar refractivity (Wildman–Crippen MR) is 79.0 cm³/mol. The van der Waals surface area contributed by atoms with E-state index >= 15 is 0 Å². The first-order valence-corrected chi connectivity index (χ1v) is 6.99. The molecule has 1 heterocycles. The van der Waals surface area contributed by atoms with E-state index in [9.17, 15) is 9.59 Å². The highest BCUT2D eigenvalue weighted by Gasteiger charge is 2.39. The molecule has 1 aromatic heterocycles. The molecule has 1 fully saturated rings. The van der Waals surface area contributed by atoms with Crippen LogP contribution in [0.3, 0.4) is 0 Å². The lowest BCUT2D eigenvalue weighted by molar-refractivity contribution is -0.117. The zero-order valence-electron chi connectivity index (χ0n) is 12.0. The molecule has 0 spiro atoms. The van der Waals surface area contributed by atoms with E-state index in [2.05, 4.69) is 17.2 Å². The minimum absolute atomic E-state index is 0.0608. The number of rotatable bonds is 4. The second kappa shape index (κ2) is 5.16. The number of carbonyl (C=O) groups excluding carboxylic acids is 2. The van der Waals surface area contributed by atoms with Gasteiger partial charge in [0.1, 0.15) is 0 Å². The standard InChI is InChI=1S/C16H17N3O2/c1-10-9-13(10)16(21)18-12-5-3-11(4-6-12)14(20)15-17-7-8-19(15)2/h3-8,10,13H,9H2,1-2H3,(H,18,21). The molecule has 1 aromatic carbocycles. The van der Waals surface area contributed by atoms with Crippen LogP contribution in [0.2, 0.25) is 0 Å².